The molecular weight excluding hydrogens is 472 g/mol. The predicted molar refractivity (Wildman–Crippen MR) is 139 cm³/mol. The molecule has 0 aliphatic rings. The molecule has 37 heavy (non-hydrogen) atoms. The lowest BCUT2D eigenvalue weighted by Crippen LogP contribution is -2.20. The van der Waals surface area contributed by atoms with Crippen LogP contribution in [0.5, 0.6) is 11.6 Å². The molecule has 0 aliphatic heterocycles. The maximum Gasteiger partial charge on any atom is 0.337 e. The molecule has 0 saturated carbocycles. The molecule has 0 radical (unpaired) electrons. The van der Waals surface area contributed by atoms with Gasteiger partial charge in [0.05, 0.1) is 18.4 Å². The van der Waals surface area contributed by atoms with E-state index in [9.17, 15) is 9.59 Å². The quantitative estimate of drug-likeness (QED) is 0.319. The van der Waals surface area contributed by atoms with E-state index in [-0.39, 0.29) is 17.0 Å². The van der Waals surface area contributed by atoms with Crippen molar-refractivity contribution >= 4 is 28.8 Å². The number of nitrogens with zero attached hydrogens (tertiary/aromatic N) is 5. The average molecular weight is 497 g/mol. The van der Waals surface area contributed by atoms with Gasteiger partial charge in [-0.15, -0.1) is 0 Å². The maximum absolute atomic E-state index is 12.9. The first kappa shape index (κ1) is 23.7. The number of aryl methyl sites for hydroxylation is 2. The minimum atomic E-state index is -1.05. The number of fused-ring (bicyclic) bond motifs is 1. The fourth-order valence-corrected chi connectivity index (χ4v) is 3.88. The van der Waals surface area contributed by atoms with E-state index < -0.39 is 5.97 Å². The number of aromatic nitrogens is 5. The molecule has 0 unspecified atom stereocenters. The first-order chi connectivity index (χ1) is 17.9. The number of imidazole rings is 1. The Morgan fingerprint density at radius 3 is 2.43 bits per heavy atom. The summed E-state index contributed by atoms with van der Waals surface area (Å²) in [4.78, 5) is 36.8. The Balaban J connectivity index is 1.44. The highest BCUT2D eigenvalue weighted by atomic mass is 16.5. The molecule has 0 amide bonds. The van der Waals surface area contributed by atoms with Crippen LogP contribution in [-0.2, 0) is 13.1 Å². The largest absolute Gasteiger partial charge is 0.478 e. The van der Waals surface area contributed by atoms with E-state index in [0.717, 1.165) is 11.1 Å². The number of hydrogen-bond donors (Lipinski definition) is 2. The Bertz CT molecular complexity index is 1620. The number of aromatic carboxylic acids is 1. The molecular formula is C27H24N6O4. The van der Waals surface area contributed by atoms with E-state index >= 15 is 0 Å². The minimum absolute atomic E-state index is 0.0804. The lowest BCUT2D eigenvalue weighted by Gasteiger charge is -2.16. The molecule has 0 bridgehead atoms. The third-order valence-corrected chi connectivity index (χ3v) is 5.86. The standard InChI is InChI=1S/C27H24N6O4/c1-3-32-16-29-24-23(32)25(34)31-27(33(24)15-18-6-4-17(2)5-7-18)30-20-9-11-21(12-10-20)37-22-13-8-19(14-28-22)26(35)36/h4-14,16H,3,15H2,1-2H3,(H,35,36)(H,30,31,34). The molecule has 2 aromatic carbocycles. The fourth-order valence-electron chi connectivity index (χ4n) is 3.88. The van der Waals surface area contributed by atoms with Crippen LogP contribution in [0.15, 0.2) is 78.0 Å². The minimum Gasteiger partial charge on any atom is -0.478 e. The Morgan fingerprint density at radius 1 is 1.03 bits per heavy atom. The zero-order chi connectivity index (χ0) is 25.9. The molecule has 3 aromatic heterocycles. The summed E-state index contributed by atoms with van der Waals surface area (Å²) in [5.41, 5.74) is 3.66. The van der Waals surface area contributed by atoms with Crippen molar-refractivity contribution in [3.05, 3.63) is 100 Å². The van der Waals surface area contributed by atoms with Crippen molar-refractivity contribution in [2.24, 2.45) is 0 Å². The van der Waals surface area contributed by atoms with Crippen molar-refractivity contribution in [2.45, 2.75) is 26.9 Å². The molecule has 186 valence electrons. The predicted octanol–water partition coefficient (Wildman–Crippen LogP) is 4.60. The zero-order valence-corrected chi connectivity index (χ0v) is 20.3. The van der Waals surface area contributed by atoms with Crippen LogP contribution in [0, 0.1) is 6.92 Å². The van der Waals surface area contributed by atoms with E-state index in [2.05, 4.69) is 20.3 Å². The highest BCUT2D eigenvalue weighted by Crippen LogP contribution is 2.24. The molecule has 0 fully saturated rings. The highest BCUT2D eigenvalue weighted by molar-refractivity contribution is 5.87. The second-order valence-corrected chi connectivity index (χ2v) is 8.46. The van der Waals surface area contributed by atoms with Crippen LogP contribution in [0.4, 0.5) is 11.6 Å². The topological polar surface area (TPSA) is 124 Å². The van der Waals surface area contributed by atoms with E-state index in [1.807, 2.05) is 42.7 Å². The van der Waals surface area contributed by atoms with Gasteiger partial charge in [0.1, 0.15) is 5.75 Å². The Kier molecular flexibility index (Phi) is 6.38. The number of nitrogens with one attached hydrogen (secondary N) is 1. The van der Waals surface area contributed by atoms with Gasteiger partial charge in [0.25, 0.3) is 0 Å². The molecule has 2 N–H and O–H groups in total. The van der Waals surface area contributed by atoms with Gasteiger partial charge in [-0.05, 0) is 49.7 Å². The van der Waals surface area contributed by atoms with Gasteiger partial charge in [-0.1, -0.05) is 29.8 Å². The monoisotopic (exact) mass is 496 g/mol. The summed E-state index contributed by atoms with van der Waals surface area (Å²) in [5, 5.41) is 12.2. The number of pyridine rings is 1. The van der Waals surface area contributed by atoms with Crippen molar-refractivity contribution in [1.29, 1.82) is 0 Å². The van der Waals surface area contributed by atoms with E-state index in [1.54, 1.807) is 35.2 Å². The van der Waals surface area contributed by atoms with Crippen molar-refractivity contribution in [3.63, 3.8) is 0 Å². The van der Waals surface area contributed by atoms with Crippen molar-refractivity contribution in [3.8, 4) is 11.6 Å². The van der Waals surface area contributed by atoms with Gasteiger partial charge in [-0.25, -0.2) is 14.8 Å². The van der Waals surface area contributed by atoms with Crippen LogP contribution in [0.3, 0.4) is 0 Å². The van der Waals surface area contributed by atoms with Gasteiger partial charge in [0, 0.05) is 24.5 Å². The Labute approximate surface area is 211 Å². The summed E-state index contributed by atoms with van der Waals surface area (Å²) in [6, 6.07) is 18.2. The summed E-state index contributed by atoms with van der Waals surface area (Å²) in [6.07, 6.45) is 2.90. The van der Waals surface area contributed by atoms with Crippen LogP contribution < -0.4 is 15.6 Å². The fraction of sp³-hybridized carbons (Fsp3) is 0.148. The number of hydrogen-bond acceptors (Lipinski definition) is 7. The molecule has 5 rings (SSSR count). The number of rotatable bonds is 8. The third-order valence-electron chi connectivity index (χ3n) is 5.86. The second-order valence-electron chi connectivity index (χ2n) is 8.46. The van der Waals surface area contributed by atoms with Crippen LogP contribution in [-0.4, -0.2) is 35.2 Å². The summed E-state index contributed by atoms with van der Waals surface area (Å²) in [6.45, 7) is 5.08. The third kappa shape index (κ3) is 5.03. The van der Waals surface area contributed by atoms with Gasteiger partial charge in [-0.3, -0.25) is 9.36 Å². The Hall–Kier alpha value is -4.99. The first-order valence-corrected chi connectivity index (χ1v) is 11.7. The summed E-state index contributed by atoms with van der Waals surface area (Å²) in [5.74, 6) is 0.113. The van der Waals surface area contributed by atoms with Gasteiger partial charge in [0.15, 0.2) is 11.2 Å². The van der Waals surface area contributed by atoms with Crippen LogP contribution in [0.2, 0.25) is 0 Å². The molecule has 10 heteroatoms. The zero-order valence-electron chi connectivity index (χ0n) is 20.3. The van der Waals surface area contributed by atoms with Crippen molar-refractivity contribution in [1.82, 2.24) is 24.1 Å². The van der Waals surface area contributed by atoms with E-state index in [1.165, 1.54) is 18.3 Å². The summed E-state index contributed by atoms with van der Waals surface area (Å²) >= 11 is 0. The lowest BCUT2D eigenvalue weighted by molar-refractivity contribution is 0.0696. The van der Waals surface area contributed by atoms with Crippen LogP contribution in [0.25, 0.3) is 11.2 Å². The highest BCUT2D eigenvalue weighted by Gasteiger charge is 2.16. The lowest BCUT2D eigenvalue weighted by atomic mass is 10.1. The Morgan fingerprint density at radius 2 is 1.78 bits per heavy atom. The number of ether oxygens (including phenoxy) is 1. The van der Waals surface area contributed by atoms with E-state index in [4.69, 9.17) is 9.84 Å². The SMILES string of the molecule is CCn1cnc2c1c(=O)nc(Nc1ccc(Oc3ccc(C(=O)O)cn3)cc1)n2Cc1ccc(C)cc1. The number of benzene rings is 2. The molecule has 0 saturated heterocycles. The second kappa shape index (κ2) is 9.94. The van der Waals surface area contributed by atoms with Crippen molar-refractivity contribution in [2.75, 3.05) is 5.32 Å². The molecule has 10 nitrogen and oxygen atoms in total. The van der Waals surface area contributed by atoms with Crippen LogP contribution in [0.1, 0.15) is 28.4 Å². The van der Waals surface area contributed by atoms with Gasteiger partial charge in [0.2, 0.25) is 11.8 Å². The molecule has 0 spiro atoms. The first-order valence-electron chi connectivity index (χ1n) is 11.7. The number of carbonyl (C=O) groups is 1. The molecule has 3 heterocycles. The average Bonchev–Trinajstić information content (AvgIpc) is 3.34. The van der Waals surface area contributed by atoms with E-state index in [0.29, 0.717) is 41.6 Å². The molecule has 5 aromatic rings. The van der Waals surface area contributed by atoms with Gasteiger partial charge >= 0.3 is 11.5 Å². The smallest absolute Gasteiger partial charge is 0.337 e. The van der Waals surface area contributed by atoms with Crippen molar-refractivity contribution < 1.29 is 14.6 Å². The van der Waals surface area contributed by atoms with Crippen LogP contribution >= 0.6 is 0 Å². The van der Waals surface area contributed by atoms with Gasteiger partial charge < -0.3 is 19.7 Å². The number of carboxylic acids is 1. The number of carboxylic acid groups (broad SMARTS) is 1. The van der Waals surface area contributed by atoms with Gasteiger partial charge in [-0.2, -0.15) is 4.98 Å². The summed E-state index contributed by atoms with van der Waals surface area (Å²) in [7, 11) is 0. The summed E-state index contributed by atoms with van der Waals surface area (Å²) < 4.78 is 9.40. The molecule has 0 aliphatic carbocycles. The molecule has 0 atom stereocenters. The number of anilines is 2. The maximum atomic E-state index is 12.9. The normalized spacial score (nSPS) is 11.0.